The maximum atomic E-state index is 5.61. The third kappa shape index (κ3) is 1.49. The summed E-state index contributed by atoms with van der Waals surface area (Å²) in [6.07, 6.45) is 2.43. The van der Waals surface area contributed by atoms with Gasteiger partial charge >= 0.3 is 0 Å². The lowest BCUT2D eigenvalue weighted by Gasteiger charge is -2.08. The Morgan fingerprint density at radius 1 is 1.31 bits per heavy atom. The third-order valence-corrected chi connectivity index (χ3v) is 3.12. The summed E-state index contributed by atoms with van der Waals surface area (Å²) in [6, 6.07) is 8.80. The van der Waals surface area contributed by atoms with Gasteiger partial charge in [-0.15, -0.1) is 0 Å². The van der Waals surface area contributed by atoms with Crippen molar-refractivity contribution in [2.75, 3.05) is 6.54 Å². The molecule has 1 aliphatic carbocycles. The molecule has 0 fully saturated rings. The molecular formula is C12H17N. The van der Waals surface area contributed by atoms with E-state index in [4.69, 9.17) is 5.73 Å². The monoisotopic (exact) mass is 175 g/mol. The number of hydrogen-bond acceptors (Lipinski definition) is 1. The van der Waals surface area contributed by atoms with Gasteiger partial charge in [-0.3, -0.25) is 0 Å². The second-order valence-electron chi connectivity index (χ2n) is 4.04. The molecule has 2 N–H and O–H groups in total. The van der Waals surface area contributed by atoms with Crippen molar-refractivity contribution in [3.8, 4) is 0 Å². The lowest BCUT2D eigenvalue weighted by atomic mass is 9.98. The molecule has 0 aliphatic heterocycles. The Bertz CT molecular complexity index is 293. The zero-order valence-electron chi connectivity index (χ0n) is 8.16. The fraction of sp³-hybridized carbons (Fsp3) is 0.500. The summed E-state index contributed by atoms with van der Waals surface area (Å²) < 4.78 is 0. The summed E-state index contributed by atoms with van der Waals surface area (Å²) >= 11 is 0. The lowest BCUT2D eigenvalue weighted by Crippen LogP contribution is -2.04. The first-order valence-corrected chi connectivity index (χ1v) is 5.12. The molecule has 1 aromatic carbocycles. The Morgan fingerprint density at radius 3 is 2.69 bits per heavy atom. The van der Waals surface area contributed by atoms with Crippen LogP contribution in [0.1, 0.15) is 42.7 Å². The third-order valence-electron chi connectivity index (χ3n) is 3.12. The zero-order valence-corrected chi connectivity index (χ0v) is 8.16. The fourth-order valence-electron chi connectivity index (χ4n) is 2.49. The largest absolute Gasteiger partial charge is 0.330 e. The van der Waals surface area contributed by atoms with Gasteiger partial charge in [0, 0.05) is 0 Å². The van der Waals surface area contributed by atoms with E-state index in [0.29, 0.717) is 0 Å². The van der Waals surface area contributed by atoms with Crippen molar-refractivity contribution in [1.29, 1.82) is 0 Å². The summed E-state index contributed by atoms with van der Waals surface area (Å²) in [5.41, 5.74) is 8.70. The minimum atomic E-state index is 0.719. The predicted octanol–water partition coefficient (Wildman–Crippen LogP) is 2.63. The molecule has 70 valence electrons. The van der Waals surface area contributed by atoms with Crippen molar-refractivity contribution < 1.29 is 0 Å². The van der Waals surface area contributed by atoms with Gasteiger partial charge in [-0.2, -0.15) is 0 Å². The van der Waals surface area contributed by atoms with Gasteiger partial charge in [0.2, 0.25) is 0 Å². The van der Waals surface area contributed by atoms with E-state index in [9.17, 15) is 0 Å². The van der Waals surface area contributed by atoms with Crippen LogP contribution in [-0.2, 0) is 0 Å². The predicted molar refractivity (Wildman–Crippen MR) is 55.9 cm³/mol. The minimum Gasteiger partial charge on any atom is -0.330 e. The molecule has 0 amide bonds. The molecule has 1 nitrogen and oxygen atoms in total. The van der Waals surface area contributed by atoms with Gasteiger partial charge in [0.25, 0.3) is 0 Å². The van der Waals surface area contributed by atoms with Crippen LogP contribution in [0.2, 0.25) is 0 Å². The van der Waals surface area contributed by atoms with E-state index in [0.717, 1.165) is 24.8 Å². The van der Waals surface area contributed by atoms with Crippen molar-refractivity contribution in [3.63, 3.8) is 0 Å². The molecule has 0 radical (unpaired) electrons. The molecule has 0 aromatic heterocycles. The smallest absolute Gasteiger partial charge is 0.00714 e. The molecule has 1 heteroatoms. The van der Waals surface area contributed by atoms with Crippen LogP contribution < -0.4 is 5.73 Å². The van der Waals surface area contributed by atoms with Crippen LogP contribution in [-0.4, -0.2) is 6.54 Å². The fourth-order valence-corrected chi connectivity index (χ4v) is 2.49. The van der Waals surface area contributed by atoms with E-state index in [1.54, 1.807) is 11.1 Å². The van der Waals surface area contributed by atoms with Gasteiger partial charge in [-0.05, 0) is 42.3 Å². The first kappa shape index (κ1) is 8.76. The average Bonchev–Trinajstić information content (AvgIpc) is 2.46. The molecule has 0 saturated heterocycles. The second-order valence-corrected chi connectivity index (χ2v) is 4.04. The van der Waals surface area contributed by atoms with E-state index in [1.807, 2.05) is 0 Å². The highest BCUT2D eigenvalue weighted by molar-refractivity contribution is 5.37. The van der Waals surface area contributed by atoms with Gasteiger partial charge < -0.3 is 5.73 Å². The molecule has 2 rings (SSSR count). The number of rotatable bonds is 2. The van der Waals surface area contributed by atoms with Crippen LogP contribution >= 0.6 is 0 Å². The second kappa shape index (κ2) is 3.51. The van der Waals surface area contributed by atoms with Gasteiger partial charge in [-0.25, -0.2) is 0 Å². The first-order valence-electron chi connectivity index (χ1n) is 5.12. The Kier molecular flexibility index (Phi) is 2.36. The highest BCUT2D eigenvalue weighted by Gasteiger charge is 2.26. The van der Waals surface area contributed by atoms with Crippen molar-refractivity contribution in [1.82, 2.24) is 0 Å². The summed E-state index contributed by atoms with van der Waals surface area (Å²) in [4.78, 5) is 0. The van der Waals surface area contributed by atoms with Crippen molar-refractivity contribution in [3.05, 3.63) is 35.4 Å². The van der Waals surface area contributed by atoms with Gasteiger partial charge in [0.05, 0.1) is 0 Å². The van der Waals surface area contributed by atoms with Gasteiger partial charge in [0.15, 0.2) is 0 Å². The van der Waals surface area contributed by atoms with E-state index in [-0.39, 0.29) is 0 Å². The van der Waals surface area contributed by atoms with Crippen LogP contribution in [0.15, 0.2) is 24.3 Å². The van der Waals surface area contributed by atoms with E-state index >= 15 is 0 Å². The first-order chi connectivity index (χ1) is 6.33. The zero-order chi connectivity index (χ0) is 9.26. The van der Waals surface area contributed by atoms with Crippen LogP contribution in [0.3, 0.4) is 0 Å². The standard InChI is InChI=1S/C12H17N/c1-9-8-10(6-7-13)12-5-3-2-4-11(9)12/h2-5,9-10H,6-8,13H2,1H3. The van der Waals surface area contributed by atoms with Crippen LogP contribution in [0.4, 0.5) is 0 Å². The summed E-state index contributed by atoms with van der Waals surface area (Å²) in [5.74, 6) is 1.45. The molecule has 1 aliphatic rings. The molecule has 0 bridgehead atoms. The number of hydrogen-bond donors (Lipinski definition) is 1. The molecule has 0 saturated carbocycles. The Hall–Kier alpha value is -0.820. The highest BCUT2D eigenvalue weighted by Crippen LogP contribution is 2.42. The normalized spacial score (nSPS) is 26.0. The van der Waals surface area contributed by atoms with Crippen LogP contribution in [0, 0.1) is 0 Å². The van der Waals surface area contributed by atoms with Gasteiger partial charge in [0.1, 0.15) is 0 Å². The van der Waals surface area contributed by atoms with Crippen LogP contribution in [0.5, 0.6) is 0 Å². The summed E-state index contributed by atoms with van der Waals surface area (Å²) in [5, 5.41) is 0. The van der Waals surface area contributed by atoms with Crippen molar-refractivity contribution >= 4 is 0 Å². The number of benzene rings is 1. The average molecular weight is 175 g/mol. The SMILES string of the molecule is CC1CC(CCN)c2ccccc21. The maximum Gasteiger partial charge on any atom is -0.00714 e. The summed E-state index contributed by atoms with van der Waals surface area (Å²) in [6.45, 7) is 3.13. The topological polar surface area (TPSA) is 26.0 Å². The van der Waals surface area contributed by atoms with E-state index in [2.05, 4.69) is 31.2 Å². The van der Waals surface area contributed by atoms with Crippen molar-refractivity contribution in [2.45, 2.75) is 31.6 Å². The lowest BCUT2D eigenvalue weighted by molar-refractivity contribution is 0.584. The number of fused-ring (bicyclic) bond motifs is 1. The molecule has 13 heavy (non-hydrogen) atoms. The molecule has 0 heterocycles. The maximum absolute atomic E-state index is 5.61. The summed E-state index contributed by atoms with van der Waals surface area (Å²) in [7, 11) is 0. The molecule has 2 atom stereocenters. The van der Waals surface area contributed by atoms with E-state index < -0.39 is 0 Å². The Labute approximate surface area is 80.0 Å². The van der Waals surface area contributed by atoms with Crippen molar-refractivity contribution in [2.24, 2.45) is 5.73 Å². The quantitative estimate of drug-likeness (QED) is 0.734. The Balaban J connectivity index is 2.30. The molecule has 2 unspecified atom stereocenters. The number of nitrogens with two attached hydrogens (primary N) is 1. The molecule has 1 aromatic rings. The molecule has 0 spiro atoms. The van der Waals surface area contributed by atoms with Crippen LogP contribution in [0.25, 0.3) is 0 Å². The minimum absolute atomic E-state index is 0.719. The van der Waals surface area contributed by atoms with Gasteiger partial charge in [-0.1, -0.05) is 31.2 Å². The Morgan fingerprint density at radius 2 is 2.00 bits per heavy atom. The molecular weight excluding hydrogens is 158 g/mol. The van der Waals surface area contributed by atoms with E-state index in [1.165, 1.54) is 6.42 Å². The highest BCUT2D eigenvalue weighted by atomic mass is 14.5.